The number of ether oxygens (including phenoxy) is 2. The zero-order valence-electron chi connectivity index (χ0n) is 17.1. The lowest BCUT2D eigenvalue weighted by Gasteiger charge is -2.18. The number of rotatable bonds is 9. The van der Waals surface area contributed by atoms with E-state index in [4.69, 9.17) is 9.47 Å². The van der Waals surface area contributed by atoms with E-state index in [1.807, 2.05) is 13.8 Å². The predicted molar refractivity (Wildman–Crippen MR) is 111 cm³/mol. The first-order chi connectivity index (χ1) is 14.3. The molecular weight excluding hydrogens is 399 g/mol. The molecule has 0 aliphatic carbocycles. The van der Waals surface area contributed by atoms with Crippen LogP contribution in [-0.4, -0.2) is 31.9 Å². The topological polar surface area (TPSA) is 71.6 Å². The first kappa shape index (κ1) is 23.2. The standard InChI is InChI=1S/C21H26F3N3O3/c1-4-14(5-2)26-20(28)27-17-7-6-8-18(29-3)19(17)30-16-11-9-15(10-12-16)25-13-21(22,23)24/h6-12,14,25H,4-5,13H2,1-3H3,(H2,26,27,28). The van der Waals surface area contributed by atoms with Crippen molar-refractivity contribution in [3.63, 3.8) is 0 Å². The third-order valence-electron chi connectivity index (χ3n) is 4.34. The lowest BCUT2D eigenvalue weighted by Crippen LogP contribution is -2.37. The van der Waals surface area contributed by atoms with E-state index in [1.54, 1.807) is 18.2 Å². The highest BCUT2D eigenvalue weighted by Crippen LogP contribution is 2.38. The Morgan fingerprint density at radius 1 is 1.07 bits per heavy atom. The van der Waals surface area contributed by atoms with Gasteiger partial charge in [0, 0.05) is 11.7 Å². The minimum atomic E-state index is -4.30. The summed E-state index contributed by atoms with van der Waals surface area (Å²) in [5.41, 5.74) is 0.708. The number of carbonyl (C=O) groups is 1. The summed E-state index contributed by atoms with van der Waals surface area (Å²) in [5, 5.41) is 7.94. The lowest BCUT2D eigenvalue weighted by molar-refractivity contribution is -0.115. The smallest absolute Gasteiger partial charge is 0.405 e. The van der Waals surface area contributed by atoms with Gasteiger partial charge in [0.2, 0.25) is 0 Å². The van der Waals surface area contributed by atoms with Gasteiger partial charge in [-0.2, -0.15) is 13.2 Å². The summed E-state index contributed by atoms with van der Waals surface area (Å²) < 4.78 is 48.2. The van der Waals surface area contributed by atoms with Crippen molar-refractivity contribution < 1.29 is 27.4 Å². The average molecular weight is 425 g/mol. The summed E-state index contributed by atoms with van der Waals surface area (Å²) in [6, 6.07) is 10.8. The SMILES string of the molecule is CCC(CC)NC(=O)Nc1cccc(OC)c1Oc1ccc(NCC(F)(F)F)cc1. The summed E-state index contributed by atoms with van der Waals surface area (Å²) >= 11 is 0. The van der Waals surface area contributed by atoms with Crippen molar-refractivity contribution in [3.05, 3.63) is 42.5 Å². The second-order valence-corrected chi connectivity index (χ2v) is 6.54. The Balaban J connectivity index is 2.15. The van der Waals surface area contributed by atoms with Crippen molar-refractivity contribution in [2.75, 3.05) is 24.3 Å². The van der Waals surface area contributed by atoms with Gasteiger partial charge in [0.25, 0.3) is 0 Å². The van der Waals surface area contributed by atoms with Gasteiger partial charge in [0.15, 0.2) is 11.5 Å². The van der Waals surface area contributed by atoms with Crippen molar-refractivity contribution in [1.82, 2.24) is 5.32 Å². The molecule has 0 saturated heterocycles. The molecule has 2 aromatic rings. The molecule has 0 spiro atoms. The number of urea groups is 1. The Bertz CT molecular complexity index is 822. The molecule has 0 radical (unpaired) electrons. The number of carbonyl (C=O) groups excluding carboxylic acids is 1. The van der Waals surface area contributed by atoms with Gasteiger partial charge in [-0.05, 0) is 49.2 Å². The Hall–Kier alpha value is -3.10. The molecular formula is C21H26F3N3O3. The third-order valence-corrected chi connectivity index (χ3v) is 4.34. The Morgan fingerprint density at radius 2 is 1.73 bits per heavy atom. The fourth-order valence-electron chi connectivity index (χ4n) is 2.68. The first-order valence-electron chi connectivity index (χ1n) is 9.58. The normalized spacial score (nSPS) is 11.2. The van der Waals surface area contributed by atoms with Crippen molar-refractivity contribution in [2.45, 2.75) is 38.9 Å². The van der Waals surface area contributed by atoms with Gasteiger partial charge in [0.1, 0.15) is 12.3 Å². The minimum absolute atomic E-state index is 0.0525. The molecule has 9 heteroatoms. The van der Waals surface area contributed by atoms with Crippen LogP contribution in [0.25, 0.3) is 0 Å². The van der Waals surface area contributed by atoms with Crippen LogP contribution in [0.1, 0.15) is 26.7 Å². The molecule has 0 heterocycles. The summed E-state index contributed by atoms with van der Waals surface area (Å²) in [7, 11) is 1.47. The number of para-hydroxylation sites is 1. The van der Waals surface area contributed by atoms with Crippen LogP contribution in [0.15, 0.2) is 42.5 Å². The molecule has 0 bridgehead atoms. The maximum absolute atomic E-state index is 12.3. The van der Waals surface area contributed by atoms with E-state index in [9.17, 15) is 18.0 Å². The van der Waals surface area contributed by atoms with E-state index in [-0.39, 0.29) is 17.8 Å². The minimum Gasteiger partial charge on any atom is -0.493 e. The first-order valence-corrected chi connectivity index (χ1v) is 9.58. The molecule has 30 heavy (non-hydrogen) atoms. The van der Waals surface area contributed by atoms with Crippen molar-refractivity contribution >= 4 is 17.4 Å². The number of amides is 2. The molecule has 2 amide bonds. The zero-order valence-corrected chi connectivity index (χ0v) is 17.1. The monoisotopic (exact) mass is 425 g/mol. The fraction of sp³-hybridized carbons (Fsp3) is 0.381. The third kappa shape index (κ3) is 7.06. The lowest BCUT2D eigenvalue weighted by atomic mass is 10.2. The molecule has 2 rings (SSSR count). The molecule has 0 aromatic heterocycles. The quantitative estimate of drug-likeness (QED) is 0.477. The molecule has 0 aliphatic heterocycles. The van der Waals surface area contributed by atoms with Gasteiger partial charge in [-0.25, -0.2) is 4.79 Å². The highest BCUT2D eigenvalue weighted by Gasteiger charge is 2.26. The van der Waals surface area contributed by atoms with Crippen LogP contribution >= 0.6 is 0 Å². The van der Waals surface area contributed by atoms with Crippen LogP contribution in [0.4, 0.5) is 29.3 Å². The van der Waals surface area contributed by atoms with Gasteiger partial charge in [-0.1, -0.05) is 19.9 Å². The van der Waals surface area contributed by atoms with E-state index >= 15 is 0 Å². The number of hydrogen-bond acceptors (Lipinski definition) is 4. The fourth-order valence-corrected chi connectivity index (χ4v) is 2.68. The van der Waals surface area contributed by atoms with Crippen LogP contribution in [0, 0.1) is 0 Å². The maximum Gasteiger partial charge on any atom is 0.405 e. The van der Waals surface area contributed by atoms with Crippen molar-refractivity contribution in [1.29, 1.82) is 0 Å². The van der Waals surface area contributed by atoms with E-state index in [0.29, 0.717) is 22.9 Å². The number of halogens is 3. The van der Waals surface area contributed by atoms with Crippen LogP contribution < -0.4 is 25.4 Å². The summed E-state index contributed by atoms with van der Waals surface area (Å²) in [6.45, 7) is 2.85. The number of nitrogens with one attached hydrogen (secondary N) is 3. The summed E-state index contributed by atoms with van der Waals surface area (Å²) in [4.78, 5) is 12.3. The number of anilines is 2. The number of hydrogen-bond donors (Lipinski definition) is 3. The highest BCUT2D eigenvalue weighted by molar-refractivity contribution is 5.91. The van der Waals surface area contributed by atoms with E-state index in [1.165, 1.54) is 31.4 Å². The molecule has 2 aromatic carbocycles. The maximum atomic E-state index is 12.3. The van der Waals surface area contributed by atoms with E-state index in [0.717, 1.165) is 12.8 Å². The van der Waals surface area contributed by atoms with E-state index in [2.05, 4.69) is 16.0 Å². The molecule has 0 saturated carbocycles. The molecule has 0 aliphatic rings. The molecule has 164 valence electrons. The van der Waals surface area contributed by atoms with Crippen molar-refractivity contribution in [2.24, 2.45) is 0 Å². The second kappa shape index (κ2) is 10.6. The number of methoxy groups -OCH3 is 1. The number of alkyl halides is 3. The van der Waals surface area contributed by atoms with E-state index < -0.39 is 12.7 Å². The Labute approximate surface area is 173 Å². The number of benzene rings is 2. The average Bonchev–Trinajstić information content (AvgIpc) is 2.72. The van der Waals surface area contributed by atoms with Gasteiger partial charge in [0.05, 0.1) is 12.8 Å². The van der Waals surface area contributed by atoms with Crippen molar-refractivity contribution in [3.8, 4) is 17.2 Å². The van der Waals surface area contributed by atoms with Gasteiger partial charge >= 0.3 is 12.2 Å². The molecule has 0 fully saturated rings. The largest absolute Gasteiger partial charge is 0.493 e. The van der Waals surface area contributed by atoms with Crippen LogP contribution in [0.3, 0.4) is 0 Å². The van der Waals surface area contributed by atoms with Gasteiger partial charge in [-0.3, -0.25) is 0 Å². The summed E-state index contributed by atoms with van der Waals surface area (Å²) in [5.74, 6) is 1.06. The zero-order chi connectivity index (χ0) is 22.1. The molecule has 0 atom stereocenters. The molecule has 3 N–H and O–H groups in total. The Kier molecular flexibility index (Phi) is 8.20. The molecule has 6 nitrogen and oxygen atoms in total. The predicted octanol–water partition coefficient (Wildman–Crippen LogP) is 5.77. The van der Waals surface area contributed by atoms with Gasteiger partial charge in [-0.15, -0.1) is 0 Å². The van der Waals surface area contributed by atoms with Crippen LogP contribution in [0.5, 0.6) is 17.2 Å². The second-order valence-electron chi connectivity index (χ2n) is 6.54. The highest BCUT2D eigenvalue weighted by atomic mass is 19.4. The molecule has 0 unspecified atom stereocenters. The van der Waals surface area contributed by atoms with Crippen LogP contribution in [-0.2, 0) is 0 Å². The Morgan fingerprint density at radius 3 is 2.30 bits per heavy atom. The van der Waals surface area contributed by atoms with Crippen LogP contribution in [0.2, 0.25) is 0 Å². The summed E-state index contributed by atoms with van der Waals surface area (Å²) in [6.07, 6.45) is -2.69. The van der Waals surface area contributed by atoms with Gasteiger partial charge < -0.3 is 25.4 Å².